The highest BCUT2D eigenvalue weighted by Crippen LogP contribution is 2.50. The largest absolute Gasteiger partial charge is 0.123 e. The molecule has 3 rings (SSSR count). The van der Waals surface area contributed by atoms with Gasteiger partial charge in [-0.1, -0.05) is 36.2 Å². The van der Waals surface area contributed by atoms with Gasteiger partial charge in [-0.3, -0.25) is 0 Å². The summed E-state index contributed by atoms with van der Waals surface area (Å²) in [6.07, 6.45) is 7.91. The number of rotatable bonds is 4. The van der Waals surface area contributed by atoms with Crippen molar-refractivity contribution >= 4 is 23.2 Å². The molecule has 1 aromatic carbocycles. The predicted octanol–water partition coefficient (Wildman–Crippen LogP) is 5.32. The van der Waals surface area contributed by atoms with Gasteiger partial charge in [-0.15, -0.1) is 11.6 Å². The highest BCUT2D eigenvalue weighted by molar-refractivity contribution is 6.31. The lowest BCUT2D eigenvalue weighted by molar-refractivity contribution is 0.310. The highest BCUT2D eigenvalue weighted by Gasteiger charge is 2.39. The molecule has 0 nitrogen and oxygen atoms in total. The molecule has 0 aliphatic heterocycles. The van der Waals surface area contributed by atoms with Crippen LogP contribution in [0.15, 0.2) is 24.3 Å². The van der Waals surface area contributed by atoms with Gasteiger partial charge in [-0.05, 0) is 61.5 Å². The van der Waals surface area contributed by atoms with Crippen molar-refractivity contribution in [2.24, 2.45) is 17.8 Å². The van der Waals surface area contributed by atoms with E-state index in [4.69, 9.17) is 23.2 Å². The van der Waals surface area contributed by atoms with E-state index in [0.29, 0.717) is 0 Å². The number of hydrogen-bond donors (Lipinski definition) is 0. The summed E-state index contributed by atoms with van der Waals surface area (Å²) in [5.74, 6) is 2.88. The van der Waals surface area contributed by atoms with E-state index in [2.05, 4.69) is 6.07 Å². The van der Waals surface area contributed by atoms with E-state index < -0.39 is 0 Å². The number of fused-ring (bicyclic) bond motifs is 2. The lowest BCUT2D eigenvalue weighted by Gasteiger charge is -2.24. The van der Waals surface area contributed by atoms with Crippen LogP contribution in [0.3, 0.4) is 0 Å². The van der Waals surface area contributed by atoms with Crippen molar-refractivity contribution in [2.45, 2.75) is 43.9 Å². The van der Waals surface area contributed by atoms with Gasteiger partial charge >= 0.3 is 0 Å². The van der Waals surface area contributed by atoms with Crippen molar-refractivity contribution in [2.75, 3.05) is 0 Å². The molecule has 0 saturated heterocycles. The van der Waals surface area contributed by atoms with Gasteiger partial charge in [0.15, 0.2) is 0 Å². The molecule has 18 heavy (non-hydrogen) atoms. The van der Waals surface area contributed by atoms with Gasteiger partial charge < -0.3 is 0 Å². The van der Waals surface area contributed by atoms with Gasteiger partial charge in [0, 0.05) is 10.4 Å². The Labute approximate surface area is 120 Å². The number of alkyl halides is 1. The van der Waals surface area contributed by atoms with Crippen molar-refractivity contribution in [3.63, 3.8) is 0 Å². The quantitative estimate of drug-likeness (QED) is 0.656. The summed E-state index contributed by atoms with van der Waals surface area (Å²) in [6.45, 7) is 0. The molecule has 0 N–H and O–H groups in total. The van der Waals surface area contributed by atoms with E-state index >= 15 is 0 Å². The van der Waals surface area contributed by atoms with Crippen molar-refractivity contribution in [3.05, 3.63) is 34.9 Å². The summed E-state index contributed by atoms with van der Waals surface area (Å²) in [4.78, 5) is 0. The van der Waals surface area contributed by atoms with E-state index in [1.807, 2.05) is 18.2 Å². The first-order valence-electron chi connectivity index (χ1n) is 7.10. The Morgan fingerprint density at radius 1 is 1.17 bits per heavy atom. The van der Waals surface area contributed by atoms with E-state index in [0.717, 1.165) is 29.2 Å². The SMILES string of the molecule is Clc1ccccc1CC(Cl)CC1CC2CCC1C2. The van der Waals surface area contributed by atoms with Crippen molar-refractivity contribution < 1.29 is 0 Å². The van der Waals surface area contributed by atoms with Gasteiger partial charge in [0.1, 0.15) is 0 Å². The first-order chi connectivity index (χ1) is 8.72. The Kier molecular flexibility index (Phi) is 3.86. The molecular formula is C16H20Cl2. The summed E-state index contributed by atoms with van der Waals surface area (Å²) < 4.78 is 0. The maximum Gasteiger partial charge on any atom is 0.0438 e. The average Bonchev–Trinajstić information content (AvgIpc) is 2.94. The van der Waals surface area contributed by atoms with Crippen LogP contribution in [0, 0.1) is 17.8 Å². The normalized spacial score (nSPS) is 31.8. The fraction of sp³-hybridized carbons (Fsp3) is 0.625. The Morgan fingerprint density at radius 3 is 2.67 bits per heavy atom. The molecular weight excluding hydrogens is 263 g/mol. The van der Waals surface area contributed by atoms with Gasteiger partial charge in [0.05, 0.1) is 0 Å². The van der Waals surface area contributed by atoms with Crippen LogP contribution in [0.2, 0.25) is 5.02 Å². The molecule has 0 amide bonds. The van der Waals surface area contributed by atoms with Crippen molar-refractivity contribution in [3.8, 4) is 0 Å². The Morgan fingerprint density at radius 2 is 2.00 bits per heavy atom. The van der Waals surface area contributed by atoms with Crippen LogP contribution in [-0.2, 0) is 6.42 Å². The van der Waals surface area contributed by atoms with Crippen LogP contribution in [-0.4, -0.2) is 5.38 Å². The average molecular weight is 283 g/mol. The summed E-state index contributed by atoms with van der Waals surface area (Å²) in [7, 11) is 0. The van der Waals surface area contributed by atoms with E-state index in [-0.39, 0.29) is 5.38 Å². The fourth-order valence-corrected chi connectivity index (χ4v) is 4.59. The predicted molar refractivity (Wildman–Crippen MR) is 78.4 cm³/mol. The molecule has 2 bridgehead atoms. The molecule has 1 aromatic rings. The van der Waals surface area contributed by atoms with E-state index in [1.165, 1.54) is 37.7 Å². The monoisotopic (exact) mass is 282 g/mol. The molecule has 2 saturated carbocycles. The zero-order chi connectivity index (χ0) is 12.5. The minimum absolute atomic E-state index is 0.245. The lowest BCUT2D eigenvalue weighted by atomic mass is 9.84. The van der Waals surface area contributed by atoms with Crippen LogP contribution < -0.4 is 0 Å². The smallest absolute Gasteiger partial charge is 0.0438 e. The Bertz CT molecular complexity index is 415. The molecule has 0 radical (unpaired) electrons. The van der Waals surface area contributed by atoms with Gasteiger partial charge in [0.25, 0.3) is 0 Å². The molecule has 2 fully saturated rings. The van der Waals surface area contributed by atoms with Crippen molar-refractivity contribution in [1.29, 1.82) is 0 Å². The van der Waals surface area contributed by atoms with Crippen LogP contribution in [0.1, 0.15) is 37.7 Å². The van der Waals surface area contributed by atoms with Gasteiger partial charge in [-0.2, -0.15) is 0 Å². The highest BCUT2D eigenvalue weighted by atomic mass is 35.5. The fourth-order valence-electron chi connectivity index (χ4n) is 3.98. The first kappa shape index (κ1) is 12.8. The van der Waals surface area contributed by atoms with E-state index in [1.54, 1.807) is 0 Å². The second kappa shape index (κ2) is 5.43. The second-order valence-corrected chi connectivity index (χ2v) is 7.09. The molecule has 2 heteroatoms. The topological polar surface area (TPSA) is 0 Å². The molecule has 2 aliphatic carbocycles. The summed E-state index contributed by atoms with van der Waals surface area (Å²) in [6, 6.07) is 8.07. The summed E-state index contributed by atoms with van der Waals surface area (Å²) in [5, 5.41) is 1.10. The number of hydrogen-bond acceptors (Lipinski definition) is 0. The van der Waals surface area contributed by atoms with Crippen LogP contribution >= 0.6 is 23.2 Å². The number of benzene rings is 1. The first-order valence-corrected chi connectivity index (χ1v) is 7.91. The maximum absolute atomic E-state index is 6.55. The molecule has 0 heterocycles. The molecule has 0 spiro atoms. The molecule has 4 atom stereocenters. The summed E-state index contributed by atoms with van der Waals surface area (Å²) >= 11 is 12.7. The molecule has 98 valence electrons. The number of halogens is 2. The third-order valence-corrected chi connectivity index (χ3v) is 5.54. The van der Waals surface area contributed by atoms with Crippen LogP contribution in [0.5, 0.6) is 0 Å². The molecule has 2 aliphatic rings. The Hall–Kier alpha value is -0.200. The third-order valence-electron chi connectivity index (χ3n) is 4.84. The van der Waals surface area contributed by atoms with E-state index in [9.17, 15) is 0 Å². The standard InChI is InChI=1S/C16H20Cl2/c17-15(9-13-3-1-2-4-16(13)18)10-14-8-11-5-6-12(14)7-11/h1-4,11-12,14-15H,5-10H2. The van der Waals surface area contributed by atoms with Crippen LogP contribution in [0.4, 0.5) is 0 Å². The maximum atomic E-state index is 6.55. The second-order valence-electron chi connectivity index (χ2n) is 6.06. The Balaban J connectivity index is 1.56. The molecule has 4 unspecified atom stereocenters. The van der Waals surface area contributed by atoms with Crippen LogP contribution in [0.25, 0.3) is 0 Å². The lowest BCUT2D eigenvalue weighted by Crippen LogP contribution is -2.17. The van der Waals surface area contributed by atoms with Crippen molar-refractivity contribution in [1.82, 2.24) is 0 Å². The van der Waals surface area contributed by atoms with Gasteiger partial charge in [-0.25, -0.2) is 0 Å². The van der Waals surface area contributed by atoms with Gasteiger partial charge in [0.2, 0.25) is 0 Å². The zero-order valence-corrected chi connectivity index (χ0v) is 12.1. The summed E-state index contributed by atoms with van der Waals surface area (Å²) in [5.41, 5.74) is 1.20. The zero-order valence-electron chi connectivity index (χ0n) is 10.6. The third kappa shape index (κ3) is 2.70. The molecule has 0 aromatic heterocycles. The minimum Gasteiger partial charge on any atom is -0.123 e. The minimum atomic E-state index is 0.245.